The third-order valence-corrected chi connectivity index (χ3v) is 1.97. The Morgan fingerprint density at radius 1 is 1.50 bits per heavy atom. The first-order valence-electron chi connectivity index (χ1n) is 4.80. The molecule has 5 nitrogen and oxygen atoms in total. The van der Waals surface area contributed by atoms with Crippen LogP contribution >= 0.6 is 0 Å². The van der Waals surface area contributed by atoms with E-state index in [4.69, 9.17) is 15.7 Å². The highest BCUT2D eigenvalue weighted by Crippen LogP contribution is 2.33. The minimum absolute atomic E-state index is 0.0572. The van der Waals surface area contributed by atoms with Gasteiger partial charge in [0.05, 0.1) is 25.3 Å². The van der Waals surface area contributed by atoms with Crippen molar-refractivity contribution >= 4 is 0 Å². The molecule has 0 atom stereocenters. The summed E-state index contributed by atoms with van der Waals surface area (Å²) in [6.07, 6.45) is -5.04. The SMILES string of the molecule is COc1c(CN)cc(CC#N)nc1OC(F)(F)F. The van der Waals surface area contributed by atoms with E-state index in [0.29, 0.717) is 0 Å². The van der Waals surface area contributed by atoms with Gasteiger partial charge in [0, 0.05) is 12.1 Å². The second-order valence-corrected chi connectivity index (χ2v) is 3.20. The van der Waals surface area contributed by atoms with Gasteiger partial charge in [0.25, 0.3) is 5.88 Å². The van der Waals surface area contributed by atoms with Crippen LogP contribution in [0.5, 0.6) is 11.6 Å². The molecule has 0 aliphatic rings. The fraction of sp³-hybridized carbons (Fsp3) is 0.400. The van der Waals surface area contributed by atoms with Crippen molar-refractivity contribution < 1.29 is 22.6 Å². The third kappa shape index (κ3) is 3.49. The summed E-state index contributed by atoms with van der Waals surface area (Å²) in [5.74, 6) is -0.922. The fourth-order valence-electron chi connectivity index (χ4n) is 1.34. The molecule has 0 bridgehead atoms. The molecule has 2 N–H and O–H groups in total. The van der Waals surface area contributed by atoms with E-state index in [1.807, 2.05) is 0 Å². The number of methoxy groups -OCH3 is 1. The number of hydrogen-bond acceptors (Lipinski definition) is 5. The highest BCUT2D eigenvalue weighted by molar-refractivity contribution is 5.43. The number of nitrogens with two attached hydrogens (primary N) is 1. The Morgan fingerprint density at radius 3 is 2.61 bits per heavy atom. The van der Waals surface area contributed by atoms with Gasteiger partial charge in [-0.3, -0.25) is 0 Å². The Bertz CT molecular complexity index is 469. The van der Waals surface area contributed by atoms with Gasteiger partial charge in [-0.05, 0) is 6.07 Å². The van der Waals surface area contributed by atoms with Crippen LogP contribution in [-0.4, -0.2) is 18.5 Å². The zero-order valence-corrected chi connectivity index (χ0v) is 9.41. The molecule has 0 spiro atoms. The normalized spacial score (nSPS) is 10.9. The van der Waals surface area contributed by atoms with Gasteiger partial charge in [0.2, 0.25) is 0 Å². The van der Waals surface area contributed by atoms with Crippen molar-refractivity contribution in [3.05, 3.63) is 17.3 Å². The van der Waals surface area contributed by atoms with Crippen molar-refractivity contribution in [3.63, 3.8) is 0 Å². The molecular weight excluding hydrogens is 251 g/mol. The molecule has 0 aromatic carbocycles. The summed E-state index contributed by atoms with van der Waals surface area (Å²) >= 11 is 0. The van der Waals surface area contributed by atoms with Crippen molar-refractivity contribution in [3.8, 4) is 17.7 Å². The van der Waals surface area contributed by atoms with E-state index < -0.39 is 12.2 Å². The number of nitrogens with zero attached hydrogens (tertiary/aromatic N) is 2. The molecule has 0 aliphatic heterocycles. The molecule has 0 fully saturated rings. The monoisotopic (exact) mass is 261 g/mol. The van der Waals surface area contributed by atoms with Crippen molar-refractivity contribution in [1.29, 1.82) is 5.26 Å². The molecule has 0 aliphatic carbocycles. The highest BCUT2D eigenvalue weighted by Gasteiger charge is 2.34. The third-order valence-electron chi connectivity index (χ3n) is 1.97. The smallest absolute Gasteiger partial charge is 0.491 e. The molecule has 1 heterocycles. The Morgan fingerprint density at radius 2 is 2.17 bits per heavy atom. The summed E-state index contributed by atoms with van der Waals surface area (Å²) in [4.78, 5) is 3.58. The molecule has 0 unspecified atom stereocenters. The van der Waals surface area contributed by atoms with Gasteiger partial charge >= 0.3 is 6.36 Å². The molecule has 1 rings (SSSR count). The average Bonchev–Trinajstić information content (AvgIpc) is 2.26. The predicted octanol–water partition coefficient (Wildman–Crippen LogP) is 1.51. The topological polar surface area (TPSA) is 81.2 Å². The highest BCUT2D eigenvalue weighted by atomic mass is 19.4. The summed E-state index contributed by atoms with van der Waals surface area (Å²) in [5, 5.41) is 8.52. The minimum atomic E-state index is -4.89. The number of hydrogen-bond donors (Lipinski definition) is 1. The van der Waals surface area contributed by atoms with Crippen LogP contribution < -0.4 is 15.2 Å². The largest absolute Gasteiger partial charge is 0.574 e. The van der Waals surface area contributed by atoms with Gasteiger partial charge < -0.3 is 15.2 Å². The maximum absolute atomic E-state index is 12.2. The summed E-state index contributed by atoms with van der Waals surface area (Å²) in [6, 6.07) is 3.19. The lowest BCUT2D eigenvalue weighted by molar-refractivity contribution is -0.276. The number of pyridine rings is 1. The molecule has 1 aromatic rings. The van der Waals surface area contributed by atoms with Crippen LogP contribution in [0.1, 0.15) is 11.3 Å². The van der Waals surface area contributed by atoms with Crippen molar-refractivity contribution in [2.45, 2.75) is 19.3 Å². The van der Waals surface area contributed by atoms with E-state index in [-0.39, 0.29) is 30.0 Å². The lowest BCUT2D eigenvalue weighted by Crippen LogP contribution is -2.19. The van der Waals surface area contributed by atoms with Crippen LogP contribution in [0.4, 0.5) is 13.2 Å². The Labute approximate surface area is 101 Å². The van der Waals surface area contributed by atoms with Crippen LogP contribution in [0.15, 0.2) is 6.07 Å². The molecule has 0 radical (unpaired) electrons. The quantitative estimate of drug-likeness (QED) is 0.888. The van der Waals surface area contributed by atoms with Crippen LogP contribution in [0.3, 0.4) is 0 Å². The first-order valence-corrected chi connectivity index (χ1v) is 4.80. The van der Waals surface area contributed by atoms with Crippen molar-refractivity contribution in [1.82, 2.24) is 4.98 Å². The lowest BCUT2D eigenvalue weighted by atomic mass is 10.2. The molecule has 1 aromatic heterocycles. The Balaban J connectivity index is 3.27. The van der Waals surface area contributed by atoms with E-state index in [1.165, 1.54) is 13.2 Å². The summed E-state index contributed by atoms with van der Waals surface area (Å²) in [7, 11) is 1.18. The molecule has 0 saturated carbocycles. The van der Waals surface area contributed by atoms with Crippen LogP contribution in [0, 0.1) is 11.3 Å². The predicted molar refractivity (Wildman–Crippen MR) is 54.7 cm³/mol. The number of alkyl halides is 3. The Hall–Kier alpha value is -2.01. The van der Waals surface area contributed by atoms with E-state index >= 15 is 0 Å². The van der Waals surface area contributed by atoms with Gasteiger partial charge in [-0.25, -0.2) is 4.98 Å². The van der Waals surface area contributed by atoms with Gasteiger partial charge in [0.1, 0.15) is 0 Å². The number of aromatic nitrogens is 1. The summed E-state index contributed by atoms with van der Waals surface area (Å²) in [5.41, 5.74) is 5.82. The van der Waals surface area contributed by atoms with Gasteiger partial charge in [-0.1, -0.05) is 0 Å². The molecule has 0 saturated heterocycles. The average molecular weight is 261 g/mol. The first kappa shape index (κ1) is 14.1. The lowest BCUT2D eigenvalue weighted by Gasteiger charge is -2.15. The van der Waals surface area contributed by atoms with Crippen LogP contribution in [-0.2, 0) is 13.0 Å². The Kier molecular flexibility index (Phi) is 4.33. The van der Waals surface area contributed by atoms with E-state index in [1.54, 1.807) is 6.07 Å². The zero-order chi connectivity index (χ0) is 13.8. The second kappa shape index (κ2) is 5.55. The minimum Gasteiger partial charge on any atom is -0.491 e. The van der Waals surface area contributed by atoms with Crippen LogP contribution in [0.2, 0.25) is 0 Å². The van der Waals surface area contributed by atoms with E-state index in [0.717, 1.165) is 0 Å². The number of ether oxygens (including phenoxy) is 2. The molecule has 98 valence electrons. The van der Waals surface area contributed by atoms with Gasteiger partial charge in [-0.2, -0.15) is 5.26 Å². The molecule has 8 heteroatoms. The maximum atomic E-state index is 12.2. The fourth-order valence-corrected chi connectivity index (χ4v) is 1.34. The van der Waals surface area contributed by atoms with Gasteiger partial charge in [0.15, 0.2) is 5.75 Å². The van der Waals surface area contributed by atoms with Crippen molar-refractivity contribution in [2.75, 3.05) is 7.11 Å². The van der Waals surface area contributed by atoms with Gasteiger partial charge in [-0.15, -0.1) is 13.2 Å². The van der Waals surface area contributed by atoms with E-state index in [9.17, 15) is 13.2 Å². The number of rotatable bonds is 4. The maximum Gasteiger partial charge on any atom is 0.574 e. The summed E-state index contributed by atoms with van der Waals surface area (Å²) < 4.78 is 45.1. The summed E-state index contributed by atoms with van der Waals surface area (Å²) in [6.45, 7) is -0.0572. The molecular formula is C10H10F3N3O2. The van der Waals surface area contributed by atoms with Crippen LogP contribution in [0.25, 0.3) is 0 Å². The second-order valence-electron chi connectivity index (χ2n) is 3.20. The number of nitriles is 1. The molecule has 0 amide bonds. The first-order chi connectivity index (χ1) is 8.41. The molecule has 18 heavy (non-hydrogen) atoms. The van der Waals surface area contributed by atoms with E-state index in [2.05, 4.69) is 9.72 Å². The zero-order valence-electron chi connectivity index (χ0n) is 9.41. The van der Waals surface area contributed by atoms with Crippen molar-refractivity contribution in [2.24, 2.45) is 5.73 Å². The standard InChI is InChI=1S/C10H10F3N3O2/c1-17-8-6(5-15)4-7(2-3-14)16-9(8)18-10(11,12)13/h4H,2,5,15H2,1H3. The number of halogens is 3.